The van der Waals surface area contributed by atoms with Gasteiger partial charge in [-0.3, -0.25) is 0 Å². The lowest BCUT2D eigenvalue weighted by molar-refractivity contribution is 0.929. The van der Waals surface area contributed by atoms with Crippen LogP contribution in [0.25, 0.3) is 0 Å². The molecule has 0 radical (unpaired) electrons. The quantitative estimate of drug-likeness (QED) is 0.588. The van der Waals surface area contributed by atoms with Gasteiger partial charge in [-0.2, -0.15) is 5.26 Å². The lowest BCUT2D eigenvalue weighted by atomic mass is 10.1. The zero-order valence-corrected chi connectivity index (χ0v) is 11.7. The molecule has 0 saturated heterocycles. The van der Waals surface area contributed by atoms with Crippen molar-refractivity contribution in [1.82, 2.24) is 9.97 Å². The molecule has 1 heterocycles. The van der Waals surface area contributed by atoms with E-state index in [0.717, 1.165) is 29.9 Å². The summed E-state index contributed by atoms with van der Waals surface area (Å²) >= 11 is 0. The zero-order chi connectivity index (χ0) is 14.8. The number of nitrogens with zero attached hydrogens (tertiary/aromatic N) is 3. The number of benzene rings is 1. The lowest BCUT2D eigenvalue weighted by Crippen LogP contribution is -2.11. The molecule has 6 nitrogen and oxygen atoms in total. The predicted octanol–water partition coefficient (Wildman–Crippen LogP) is 2.56. The third-order valence-corrected chi connectivity index (χ3v) is 3.46. The number of hydrazine groups is 1. The molecule has 6 heteroatoms. The SMILES string of the molecule is Cc1ccc(C#N)cc1Nc1cc(NN)nc(C2CC2)n1. The predicted molar refractivity (Wildman–Crippen MR) is 81.0 cm³/mol. The Morgan fingerprint density at radius 1 is 1.24 bits per heavy atom. The molecule has 1 aliphatic carbocycles. The number of aromatic nitrogens is 2. The van der Waals surface area contributed by atoms with E-state index in [1.54, 1.807) is 12.1 Å². The smallest absolute Gasteiger partial charge is 0.145 e. The molecule has 0 amide bonds. The van der Waals surface area contributed by atoms with Gasteiger partial charge >= 0.3 is 0 Å². The van der Waals surface area contributed by atoms with Gasteiger partial charge in [0.1, 0.15) is 17.5 Å². The molecule has 0 atom stereocenters. The van der Waals surface area contributed by atoms with Crippen molar-refractivity contribution < 1.29 is 0 Å². The molecule has 2 aromatic rings. The Kier molecular flexibility index (Phi) is 3.42. The van der Waals surface area contributed by atoms with Gasteiger partial charge in [-0.15, -0.1) is 0 Å². The minimum Gasteiger partial charge on any atom is -0.340 e. The van der Waals surface area contributed by atoms with Crippen LogP contribution in [0, 0.1) is 18.3 Å². The molecule has 106 valence electrons. The summed E-state index contributed by atoms with van der Waals surface area (Å²) < 4.78 is 0. The maximum Gasteiger partial charge on any atom is 0.145 e. The highest BCUT2D eigenvalue weighted by Gasteiger charge is 2.27. The number of rotatable bonds is 4. The number of hydrogen-bond acceptors (Lipinski definition) is 6. The maximum absolute atomic E-state index is 9.00. The van der Waals surface area contributed by atoms with Crippen LogP contribution in [-0.2, 0) is 0 Å². The number of nitrogens with one attached hydrogen (secondary N) is 2. The summed E-state index contributed by atoms with van der Waals surface area (Å²) in [4.78, 5) is 8.91. The van der Waals surface area contributed by atoms with Crippen molar-refractivity contribution in [3.8, 4) is 6.07 Å². The fraction of sp³-hybridized carbons (Fsp3) is 0.267. The molecule has 1 fully saturated rings. The molecule has 3 rings (SSSR count). The molecule has 1 aliphatic rings. The first-order chi connectivity index (χ1) is 10.2. The van der Waals surface area contributed by atoms with Crippen LogP contribution in [0.1, 0.15) is 35.7 Å². The van der Waals surface area contributed by atoms with Crippen molar-refractivity contribution >= 4 is 17.3 Å². The number of nitriles is 1. The highest BCUT2D eigenvalue weighted by Crippen LogP contribution is 2.39. The second-order valence-corrected chi connectivity index (χ2v) is 5.18. The monoisotopic (exact) mass is 280 g/mol. The van der Waals surface area contributed by atoms with Crippen molar-refractivity contribution in [2.45, 2.75) is 25.7 Å². The van der Waals surface area contributed by atoms with Gasteiger partial charge in [-0.25, -0.2) is 15.8 Å². The molecule has 1 aromatic heterocycles. The number of hydrogen-bond donors (Lipinski definition) is 3. The molecule has 0 aliphatic heterocycles. The maximum atomic E-state index is 9.00. The first kappa shape index (κ1) is 13.3. The second kappa shape index (κ2) is 5.38. The normalized spacial score (nSPS) is 13.6. The van der Waals surface area contributed by atoms with Crippen LogP contribution in [0.15, 0.2) is 24.3 Å². The van der Waals surface area contributed by atoms with Gasteiger partial charge < -0.3 is 10.7 Å². The van der Waals surface area contributed by atoms with Gasteiger partial charge in [0.2, 0.25) is 0 Å². The third kappa shape index (κ3) is 2.93. The molecular formula is C15H16N6. The van der Waals surface area contributed by atoms with Gasteiger partial charge in [0, 0.05) is 17.7 Å². The summed E-state index contributed by atoms with van der Waals surface area (Å²) in [6.07, 6.45) is 2.24. The van der Waals surface area contributed by atoms with Crippen molar-refractivity contribution in [3.05, 3.63) is 41.2 Å². The second-order valence-electron chi connectivity index (χ2n) is 5.18. The first-order valence-corrected chi connectivity index (χ1v) is 6.83. The van der Waals surface area contributed by atoms with Crippen molar-refractivity contribution in [1.29, 1.82) is 5.26 Å². The van der Waals surface area contributed by atoms with Crippen molar-refractivity contribution in [2.24, 2.45) is 5.84 Å². The van der Waals surface area contributed by atoms with Crippen LogP contribution in [0.5, 0.6) is 0 Å². The summed E-state index contributed by atoms with van der Waals surface area (Å²) in [5.74, 6) is 7.97. The molecule has 1 aromatic carbocycles. The highest BCUT2D eigenvalue weighted by atomic mass is 15.3. The summed E-state index contributed by atoms with van der Waals surface area (Å²) in [7, 11) is 0. The minimum atomic E-state index is 0.436. The molecule has 0 unspecified atom stereocenters. The Morgan fingerprint density at radius 2 is 2.00 bits per heavy atom. The fourth-order valence-electron chi connectivity index (χ4n) is 2.09. The van der Waals surface area contributed by atoms with E-state index in [9.17, 15) is 0 Å². The van der Waals surface area contributed by atoms with E-state index in [4.69, 9.17) is 11.1 Å². The lowest BCUT2D eigenvalue weighted by Gasteiger charge is -2.11. The van der Waals surface area contributed by atoms with E-state index in [-0.39, 0.29) is 0 Å². The van der Waals surface area contributed by atoms with E-state index in [2.05, 4.69) is 26.8 Å². The Balaban J connectivity index is 1.94. The van der Waals surface area contributed by atoms with E-state index >= 15 is 0 Å². The fourth-order valence-corrected chi connectivity index (χ4v) is 2.09. The topological polar surface area (TPSA) is 99.7 Å². The van der Waals surface area contributed by atoms with E-state index in [1.807, 2.05) is 19.1 Å². The van der Waals surface area contributed by atoms with Crippen LogP contribution < -0.4 is 16.6 Å². The summed E-state index contributed by atoms with van der Waals surface area (Å²) in [6, 6.07) is 9.40. The molecular weight excluding hydrogens is 264 g/mol. The largest absolute Gasteiger partial charge is 0.340 e. The van der Waals surface area contributed by atoms with Gasteiger partial charge in [0.15, 0.2) is 0 Å². The zero-order valence-electron chi connectivity index (χ0n) is 11.7. The number of aryl methyl sites for hydroxylation is 1. The Morgan fingerprint density at radius 3 is 2.67 bits per heavy atom. The van der Waals surface area contributed by atoms with E-state index in [0.29, 0.717) is 23.1 Å². The molecule has 1 saturated carbocycles. The van der Waals surface area contributed by atoms with Crippen molar-refractivity contribution in [3.63, 3.8) is 0 Å². The van der Waals surface area contributed by atoms with Crippen LogP contribution >= 0.6 is 0 Å². The number of anilines is 3. The minimum absolute atomic E-state index is 0.436. The average molecular weight is 280 g/mol. The summed E-state index contributed by atoms with van der Waals surface area (Å²) in [5, 5.41) is 12.2. The first-order valence-electron chi connectivity index (χ1n) is 6.83. The third-order valence-electron chi connectivity index (χ3n) is 3.46. The van der Waals surface area contributed by atoms with Crippen molar-refractivity contribution in [2.75, 3.05) is 10.7 Å². The Bertz CT molecular complexity index is 715. The Hall–Kier alpha value is -2.65. The van der Waals surface area contributed by atoms with Gasteiger partial charge in [0.25, 0.3) is 0 Å². The van der Waals surface area contributed by atoms with E-state index in [1.165, 1.54) is 0 Å². The molecule has 0 bridgehead atoms. The standard InChI is InChI=1S/C15H16N6/c1-9-2-3-10(8-16)6-12(9)18-13-7-14(21-17)20-15(19-13)11-4-5-11/h2-3,6-7,11H,4-5,17H2,1H3,(H2,18,19,20,21). The van der Waals surface area contributed by atoms with Gasteiger partial charge in [-0.05, 0) is 37.5 Å². The van der Waals surface area contributed by atoms with Gasteiger partial charge in [-0.1, -0.05) is 6.07 Å². The number of nitrogens with two attached hydrogens (primary N) is 1. The van der Waals surface area contributed by atoms with Crippen LogP contribution in [0.3, 0.4) is 0 Å². The molecule has 21 heavy (non-hydrogen) atoms. The highest BCUT2D eigenvalue weighted by molar-refractivity contribution is 5.64. The van der Waals surface area contributed by atoms with Crippen LogP contribution in [-0.4, -0.2) is 9.97 Å². The average Bonchev–Trinajstić information content (AvgIpc) is 3.34. The van der Waals surface area contributed by atoms with Crippen LogP contribution in [0.4, 0.5) is 17.3 Å². The van der Waals surface area contributed by atoms with Gasteiger partial charge in [0.05, 0.1) is 11.6 Å². The summed E-state index contributed by atoms with van der Waals surface area (Å²) in [6.45, 7) is 1.98. The molecule has 4 N–H and O–H groups in total. The molecule has 0 spiro atoms. The Labute approximate surface area is 123 Å². The van der Waals surface area contributed by atoms with Crippen LogP contribution in [0.2, 0.25) is 0 Å². The number of nitrogen functional groups attached to an aromatic ring is 1. The summed E-state index contributed by atoms with van der Waals surface area (Å²) in [5.41, 5.74) is 5.08. The van der Waals surface area contributed by atoms with E-state index < -0.39 is 0 Å².